The number of carbonyl (C=O) groups is 1. The number of ether oxygens (including phenoxy) is 1. The lowest BCUT2D eigenvalue weighted by Crippen LogP contribution is -2.63. The van der Waals surface area contributed by atoms with Crippen molar-refractivity contribution in [2.75, 3.05) is 12.0 Å². The van der Waals surface area contributed by atoms with Gasteiger partial charge in [0.1, 0.15) is 11.8 Å². The van der Waals surface area contributed by atoms with Crippen LogP contribution in [0.1, 0.15) is 22.7 Å². The Morgan fingerprint density at radius 3 is 2.32 bits per heavy atom. The summed E-state index contributed by atoms with van der Waals surface area (Å²) in [4.78, 5) is 14.0. The molecule has 2 aromatic carbocycles. The van der Waals surface area contributed by atoms with Crippen LogP contribution in [-0.4, -0.2) is 19.1 Å². The zero-order valence-corrected chi connectivity index (χ0v) is 13.0. The predicted octanol–water partition coefficient (Wildman–Crippen LogP) is 2.73. The van der Waals surface area contributed by atoms with Crippen LogP contribution >= 0.6 is 0 Å². The molecule has 114 valence electrons. The van der Waals surface area contributed by atoms with E-state index in [0.717, 1.165) is 17.0 Å². The first-order chi connectivity index (χ1) is 10.5. The van der Waals surface area contributed by atoms with Gasteiger partial charge in [0.2, 0.25) is 5.91 Å². The molecule has 2 aromatic rings. The van der Waals surface area contributed by atoms with E-state index < -0.39 is 6.04 Å². The maximum Gasteiger partial charge on any atom is 0.247 e. The van der Waals surface area contributed by atoms with E-state index in [9.17, 15) is 4.79 Å². The number of anilines is 1. The number of nitrogens with two attached hydrogens (primary N) is 1. The quantitative estimate of drug-likeness (QED) is 0.886. The van der Waals surface area contributed by atoms with Crippen LogP contribution in [0.4, 0.5) is 5.69 Å². The van der Waals surface area contributed by atoms with Gasteiger partial charge in [-0.1, -0.05) is 18.2 Å². The van der Waals surface area contributed by atoms with E-state index >= 15 is 0 Å². The molecule has 0 unspecified atom stereocenters. The lowest BCUT2D eigenvalue weighted by Gasteiger charge is -2.45. The molecule has 0 spiro atoms. The van der Waals surface area contributed by atoms with Crippen molar-refractivity contribution in [3.05, 3.63) is 59.2 Å². The van der Waals surface area contributed by atoms with Crippen molar-refractivity contribution in [2.45, 2.75) is 25.9 Å². The number of methoxy groups -OCH3 is 1. The van der Waals surface area contributed by atoms with Crippen molar-refractivity contribution in [1.82, 2.24) is 0 Å². The zero-order valence-electron chi connectivity index (χ0n) is 13.0. The second-order valence-electron chi connectivity index (χ2n) is 5.72. The maximum absolute atomic E-state index is 12.2. The fourth-order valence-electron chi connectivity index (χ4n) is 2.83. The molecule has 1 fully saturated rings. The summed E-state index contributed by atoms with van der Waals surface area (Å²) < 4.78 is 5.18. The smallest absolute Gasteiger partial charge is 0.247 e. The second-order valence-corrected chi connectivity index (χ2v) is 5.72. The lowest BCUT2D eigenvalue weighted by atomic mass is 9.88. The third-order valence-electron chi connectivity index (χ3n) is 4.37. The van der Waals surface area contributed by atoms with Crippen molar-refractivity contribution < 1.29 is 9.53 Å². The summed E-state index contributed by atoms with van der Waals surface area (Å²) >= 11 is 0. The number of amides is 1. The van der Waals surface area contributed by atoms with Gasteiger partial charge in [-0.15, -0.1) is 0 Å². The van der Waals surface area contributed by atoms with Crippen molar-refractivity contribution in [1.29, 1.82) is 0 Å². The minimum atomic E-state index is -0.491. The van der Waals surface area contributed by atoms with Crippen LogP contribution in [-0.2, 0) is 4.79 Å². The zero-order chi connectivity index (χ0) is 15.9. The average Bonchev–Trinajstić information content (AvgIpc) is 2.54. The summed E-state index contributed by atoms with van der Waals surface area (Å²) in [6, 6.07) is 13.1. The molecule has 1 saturated heterocycles. The van der Waals surface area contributed by atoms with Gasteiger partial charge in [-0.05, 0) is 54.8 Å². The summed E-state index contributed by atoms with van der Waals surface area (Å²) in [6.07, 6.45) is 0. The van der Waals surface area contributed by atoms with Crippen molar-refractivity contribution in [3.63, 3.8) is 0 Å². The molecule has 2 atom stereocenters. The molecule has 22 heavy (non-hydrogen) atoms. The van der Waals surface area contributed by atoms with Crippen LogP contribution < -0.4 is 15.4 Å². The van der Waals surface area contributed by atoms with Gasteiger partial charge in [0.25, 0.3) is 0 Å². The first-order valence-corrected chi connectivity index (χ1v) is 7.33. The normalized spacial score (nSPS) is 20.7. The molecular formula is C18H20N2O2. The number of benzene rings is 2. The van der Waals surface area contributed by atoms with Gasteiger partial charge < -0.3 is 15.4 Å². The molecule has 4 heteroatoms. The lowest BCUT2D eigenvalue weighted by molar-refractivity contribution is -0.126. The molecule has 1 heterocycles. The number of rotatable bonds is 3. The van der Waals surface area contributed by atoms with E-state index in [4.69, 9.17) is 10.5 Å². The van der Waals surface area contributed by atoms with Gasteiger partial charge in [0.05, 0.1) is 13.2 Å². The largest absolute Gasteiger partial charge is 0.497 e. The third kappa shape index (κ3) is 2.25. The van der Waals surface area contributed by atoms with Crippen LogP contribution in [0.15, 0.2) is 42.5 Å². The Morgan fingerprint density at radius 1 is 1.05 bits per heavy atom. The van der Waals surface area contributed by atoms with Gasteiger partial charge in [0, 0.05) is 5.69 Å². The number of carbonyl (C=O) groups excluding carboxylic acids is 1. The van der Waals surface area contributed by atoms with Crippen molar-refractivity contribution in [3.8, 4) is 5.75 Å². The van der Waals surface area contributed by atoms with Gasteiger partial charge in [-0.2, -0.15) is 0 Å². The second kappa shape index (κ2) is 5.46. The molecule has 1 aliphatic heterocycles. The van der Waals surface area contributed by atoms with E-state index in [1.165, 1.54) is 11.1 Å². The van der Waals surface area contributed by atoms with Crippen LogP contribution in [0.2, 0.25) is 0 Å². The minimum absolute atomic E-state index is 0.0379. The highest BCUT2D eigenvalue weighted by molar-refractivity contribution is 6.05. The van der Waals surface area contributed by atoms with Gasteiger partial charge in [-0.25, -0.2) is 0 Å². The standard InChI is InChI=1S/C18H20N2O2/c1-11-4-7-14(10-12(11)2)20-17(16(19)18(20)21)13-5-8-15(22-3)9-6-13/h4-10,16-17H,19H2,1-3H3/t16-,17+/m1/s1. The summed E-state index contributed by atoms with van der Waals surface area (Å²) in [6.45, 7) is 4.11. The molecule has 0 aliphatic carbocycles. The molecule has 0 aromatic heterocycles. The SMILES string of the molecule is COc1ccc([C@H]2[C@@H](N)C(=O)N2c2ccc(C)c(C)c2)cc1. The molecule has 0 bridgehead atoms. The molecular weight excluding hydrogens is 276 g/mol. The predicted molar refractivity (Wildman–Crippen MR) is 87.1 cm³/mol. The molecule has 3 rings (SSSR count). The van der Waals surface area contributed by atoms with E-state index in [0.29, 0.717) is 0 Å². The highest BCUT2D eigenvalue weighted by Gasteiger charge is 2.46. The Bertz CT molecular complexity index is 710. The topological polar surface area (TPSA) is 55.6 Å². The molecule has 0 radical (unpaired) electrons. The molecule has 1 aliphatic rings. The fourth-order valence-corrected chi connectivity index (χ4v) is 2.83. The minimum Gasteiger partial charge on any atom is -0.497 e. The first-order valence-electron chi connectivity index (χ1n) is 7.33. The first kappa shape index (κ1) is 14.6. The Hall–Kier alpha value is -2.33. The monoisotopic (exact) mass is 296 g/mol. The van der Waals surface area contributed by atoms with Gasteiger partial charge >= 0.3 is 0 Å². The Balaban J connectivity index is 1.95. The van der Waals surface area contributed by atoms with Crippen molar-refractivity contribution in [2.24, 2.45) is 5.73 Å². The summed E-state index contributed by atoms with van der Waals surface area (Å²) in [5.74, 6) is 0.754. The summed E-state index contributed by atoms with van der Waals surface area (Å²) in [5, 5.41) is 0. The Morgan fingerprint density at radius 2 is 1.73 bits per heavy atom. The number of nitrogens with zero attached hydrogens (tertiary/aromatic N) is 1. The van der Waals surface area contributed by atoms with Crippen LogP contribution in [0.25, 0.3) is 0 Å². The Labute approximate surface area is 130 Å². The number of hydrogen-bond donors (Lipinski definition) is 1. The van der Waals surface area contributed by atoms with E-state index in [-0.39, 0.29) is 11.9 Å². The number of hydrogen-bond acceptors (Lipinski definition) is 3. The highest BCUT2D eigenvalue weighted by atomic mass is 16.5. The third-order valence-corrected chi connectivity index (χ3v) is 4.37. The van der Waals surface area contributed by atoms with Crippen molar-refractivity contribution >= 4 is 11.6 Å². The van der Waals surface area contributed by atoms with Crippen LogP contribution in [0.3, 0.4) is 0 Å². The Kier molecular flexibility index (Phi) is 3.62. The van der Waals surface area contributed by atoms with E-state index in [1.807, 2.05) is 49.4 Å². The summed E-state index contributed by atoms with van der Waals surface area (Å²) in [5.41, 5.74) is 10.3. The van der Waals surface area contributed by atoms with Crippen LogP contribution in [0, 0.1) is 13.8 Å². The average molecular weight is 296 g/mol. The molecule has 2 N–H and O–H groups in total. The maximum atomic E-state index is 12.2. The number of β-lactam (4-membered cyclic amide) rings is 1. The molecule has 1 amide bonds. The fraction of sp³-hybridized carbons (Fsp3) is 0.278. The van der Waals surface area contributed by atoms with Gasteiger partial charge in [0.15, 0.2) is 0 Å². The van der Waals surface area contributed by atoms with Gasteiger partial charge in [-0.3, -0.25) is 4.79 Å². The van der Waals surface area contributed by atoms with E-state index in [2.05, 4.69) is 6.92 Å². The molecule has 0 saturated carbocycles. The van der Waals surface area contributed by atoms with Crippen LogP contribution in [0.5, 0.6) is 5.75 Å². The summed E-state index contributed by atoms with van der Waals surface area (Å²) in [7, 11) is 1.63. The number of aryl methyl sites for hydroxylation is 2. The van der Waals surface area contributed by atoms with E-state index in [1.54, 1.807) is 12.0 Å². The highest BCUT2D eigenvalue weighted by Crippen LogP contribution is 2.39. The molecule has 4 nitrogen and oxygen atoms in total.